The van der Waals surface area contributed by atoms with Gasteiger partial charge in [-0.05, 0) is 18.6 Å². The third kappa shape index (κ3) is 5.54. The molecule has 0 aromatic heterocycles. The van der Waals surface area contributed by atoms with Gasteiger partial charge in [-0.3, -0.25) is 4.79 Å². The number of hydrogen-bond donors (Lipinski definition) is 0. The molecule has 0 bridgehead atoms. The lowest BCUT2D eigenvalue weighted by Crippen LogP contribution is -2.05. The van der Waals surface area contributed by atoms with Gasteiger partial charge in [0.1, 0.15) is 11.5 Å². The van der Waals surface area contributed by atoms with Gasteiger partial charge in [0.15, 0.2) is 0 Å². The zero-order valence-electron chi connectivity index (χ0n) is 9.95. The maximum absolute atomic E-state index is 11.4. The van der Waals surface area contributed by atoms with E-state index in [2.05, 4.69) is 6.92 Å². The second kappa shape index (κ2) is 7.91. The first-order chi connectivity index (χ1) is 7.83. The fourth-order valence-corrected chi connectivity index (χ4v) is 1.50. The first kappa shape index (κ1) is 12.8. The van der Waals surface area contributed by atoms with E-state index in [-0.39, 0.29) is 0 Å². The van der Waals surface area contributed by atoms with Crippen LogP contribution < -0.4 is 4.74 Å². The SMILES string of the molecule is CCCCCC(=O)CCOc1ccccc1. The molecule has 0 amide bonds. The first-order valence-corrected chi connectivity index (χ1v) is 6.02. The molecule has 16 heavy (non-hydrogen) atoms. The summed E-state index contributed by atoms with van der Waals surface area (Å²) in [5, 5.41) is 0. The Morgan fingerprint density at radius 3 is 2.56 bits per heavy atom. The van der Waals surface area contributed by atoms with E-state index in [1.54, 1.807) is 0 Å². The average Bonchev–Trinajstić information content (AvgIpc) is 2.31. The number of rotatable bonds is 8. The van der Waals surface area contributed by atoms with Gasteiger partial charge in [-0.25, -0.2) is 0 Å². The van der Waals surface area contributed by atoms with Gasteiger partial charge >= 0.3 is 0 Å². The maximum atomic E-state index is 11.4. The van der Waals surface area contributed by atoms with Crippen LogP contribution in [0.25, 0.3) is 0 Å². The van der Waals surface area contributed by atoms with Crippen molar-refractivity contribution in [2.24, 2.45) is 0 Å². The summed E-state index contributed by atoms with van der Waals surface area (Å²) in [7, 11) is 0. The molecule has 0 spiro atoms. The Labute approximate surface area is 97.6 Å². The van der Waals surface area contributed by atoms with Crippen molar-refractivity contribution in [2.45, 2.75) is 39.0 Å². The van der Waals surface area contributed by atoms with Crippen LogP contribution in [-0.2, 0) is 4.79 Å². The van der Waals surface area contributed by atoms with Crippen LogP contribution in [0.4, 0.5) is 0 Å². The number of ether oxygens (including phenoxy) is 1. The second-order valence-corrected chi connectivity index (χ2v) is 3.91. The van der Waals surface area contributed by atoms with Crippen LogP contribution in [0.2, 0.25) is 0 Å². The number of hydrogen-bond acceptors (Lipinski definition) is 2. The lowest BCUT2D eigenvalue weighted by molar-refractivity contribution is -0.119. The normalized spacial score (nSPS) is 10.1. The summed E-state index contributed by atoms with van der Waals surface area (Å²) < 4.78 is 5.46. The molecule has 0 heterocycles. The summed E-state index contributed by atoms with van der Waals surface area (Å²) in [6.45, 7) is 2.64. The summed E-state index contributed by atoms with van der Waals surface area (Å²) >= 11 is 0. The first-order valence-electron chi connectivity index (χ1n) is 6.02. The van der Waals surface area contributed by atoms with Gasteiger partial charge in [-0.2, -0.15) is 0 Å². The van der Waals surface area contributed by atoms with Crippen LogP contribution in [0.3, 0.4) is 0 Å². The fourth-order valence-electron chi connectivity index (χ4n) is 1.50. The Balaban J connectivity index is 2.09. The van der Waals surface area contributed by atoms with Gasteiger partial charge in [-0.15, -0.1) is 0 Å². The monoisotopic (exact) mass is 220 g/mol. The Bertz CT molecular complexity index is 293. The van der Waals surface area contributed by atoms with Crippen molar-refractivity contribution in [3.63, 3.8) is 0 Å². The number of ketones is 1. The highest BCUT2D eigenvalue weighted by molar-refractivity contribution is 5.78. The van der Waals surface area contributed by atoms with Gasteiger partial charge < -0.3 is 4.74 Å². The Kier molecular flexibility index (Phi) is 6.31. The van der Waals surface area contributed by atoms with Crippen LogP contribution in [0, 0.1) is 0 Å². The van der Waals surface area contributed by atoms with Crippen LogP contribution >= 0.6 is 0 Å². The van der Waals surface area contributed by atoms with E-state index in [1.807, 2.05) is 30.3 Å². The molecular weight excluding hydrogens is 200 g/mol. The standard InChI is InChI=1S/C14H20O2/c1-2-3-5-8-13(15)11-12-16-14-9-6-4-7-10-14/h4,6-7,9-10H,2-3,5,8,11-12H2,1H3. The summed E-state index contributed by atoms with van der Waals surface area (Å²) in [5.41, 5.74) is 0. The predicted molar refractivity (Wildman–Crippen MR) is 65.7 cm³/mol. The minimum atomic E-state index is 0.310. The molecular formula is C14H20O2. The van der Waals surface area contributed by atoms with Crippen molar-refractivity contribution in [3.8, 4) is 5.75 Å². The molecule has 0 aliphatic rings. The summed E-state index contributed by atoms with van der Waals surface area (Å²) in [6.07, 6.45) is 4.55. The fraction of sp³-hybridized carbons (Fsp3) is 0.500. The Hall–Kier alpha value is -1.31. The van der Waals surface area contributed by atoms with E-state index in [1.165, 1.54) is 0 Å². The number of Topliss-reactive ketones (excluding diaryl/α,β-unsaturated/α-hetero) is 1. The molecule has 88 valence electrons. The Morgan fingerprint density at radius 2 is 1.88 bits per heavy atom. The lowest BCUT2D eigenvalue weighted by Gasteiger charge is -2.04. The van der Waals surface area contributed by atoms with Gasteiger partial charge in [0.05, 0.1) is 6.61 Å². The van der Waals surface area contributed by atoms with Crippen molar-refractivity contribution in [1.29, 1.82) is 0 Å². The molecule has 1 aromatic carbocycles. The minimum Gasteiger partial charge on any atom is -0.493 e. The molecule has 2 nitrogen and oxygen atoms in total. The predicted octanol–water partition coefficient (Wildman–Crippen LogP) is 3.60. The minimum absolute atomic E-state index is 0.310. The summed E-state index contributed by atoms with van der Waals surface area (Å²) in [6, 6.07) is 9.61. The van der Waals surface area contributed by atoms with Crippen molar-refractivity contribution >= 4 is 5.78 Å². The highest BCUT2D eigenvalue weighted by Crippen LogP contribution is 2.09. The Morgan fingerprint density at radius 1 is 1.12 bits per heavy atom. The molecule has 0 saturated carbocycles. The van der Waals surface area contributed by atoms with Crippen molar-refractivity contribution in [1.82, 2.24) is 0 Å². The van der Waals surface area contributed by atoms with Crippen LogP contribution in [-0.4, -0.2) is 12.4 Å². The number of benzene rings is 1. The smallest absolute Gasteiger partial charge is 0.136 e. The van der Waals surface area contributed by atoms with Crippen LogP contribution in [0.15, 0.2) is 30.3 Å². The highest BCUT2D eigenvalue weighted by atomic mass is 16.5. The van der Waals surface area contributed by atoms with Crippen molar-refractivity contribution in [3.05, 3.63) is 30.3 Å². The third-order valence-electron chi connectivity index (χ3n) is 2.45. The number of carbonyl (C=O) groups excluding carboxylic acids is 1. The molecule has 0 radical (unpaired) electrons. The van der Waals surface area contributed by atoms with Crippen LogP contribution in [0.5, 0.6) is 5.75 Å². The van der Waals surface area contributed by atoms with E-state index in [4.69, 9.17) is 4.74 Å². The van der Waals surface area contributed by atoms with E-state index in [0.29, 0.717) is 25.2 Å². The second-order valence-electron chi connectivity index (χ2n) is 3.91. The topological polar surface area (TPSA) is 26.3 Å². The molecule has 0 aliphatic carbocycles. The van der Waals surface area contributed by atoms with Crippen molar-refractivity contribution in [2.75, 3.05) is 6.61 Å². The van der Waals surface area contributed by atoms with Gasteiger partial charge in [0.2, 0.25) is 0 Å². The molecule has 0 atom stereocenters. The molecule has 2 heteroatoms. The molecule has 0 N–H and O–H groups in total. The molecule has 1 aromatic rings. The molecule has 0 saturated heterocycles. The van der Waals surface area contributed by atoms with Crippen molar-refractivity contribution < 1.29 is 9.53 Å². The summed E-state index contributed by atoms with van der Waals surface area (Å²) in [5.74, 6) is 1.15. The average molecular weight is 220 g/mol. The third-order valence-corrected chi connectivity index (χ3v) is 2.45. The molecule has 1 rings (SSSR count). The zero-order valence-corrected chi connectivity index (χ0v) is 9.95. The van der Waals surface area contributed by atoms with Gasteiger partial charge in [-0.1, -0.05) is 38.0 Å². The lowest BCUT2D eigenvalue weighted by atomic mass is 10.1. The molecule has 0 unspecified atom stereocenters. The van der Waals surface area contributed by atoms with E-state index in [0.717, 1.165) is 25.0 Å². The van der Waals surface area contributed by atoms with E-state index >= 15 is 0 Å². The highest BCUT2D eigenvalue weighted by Gasteiger charge is 2.01. The quantitative estimate of drug-likeness (QED) is 0.626. The number of carbonyl (C=O) groups is 1. The number of para-hydroxylation sites is 1. The molecule has 0 fully saturated rings. The van der Waals surface area contributed by atoms with Gasteiger partial charge in [0, 0.05) is 12.8 Å². The van der Waals surface area contributed by atoms with E-state index < -0.39 is 0 Å². The van der Waals surface area contributed by atoms with Crippen LogP contribution in [0.1, 0.15) is 39.0 Å². The zero-order chi connectivity index (χ0) is 11.6. The molecule has 0 aliphatic heterocycles. The summed E-state index contributed by atoms with van der Waals surface area (Å²) in [4.78, 5) is 11.4. The maximum Gasteiger partial charge on any atom is 0.136 e. The van der Waals surface area contributed by atoms with E-state index in [9.17, 15) is 4.79 Å². The largest absolute Gasteiger partial charge is 0.493 e. The van der Waals surface area contributed by atoms with Gasteiger partial charge in [0.25, 0.3) is 0 Å². The number of unbranched alkanes of at least 4 members (excludes halogenated alkanes) is 2.